The zero-order valence-electron chi connectivity index (χ0n) is 17.6. The van der Waals surface area contributed by atoms with Gasteiger partial charge in [0.1, 0.15) is 17.0 Å². The molecule has 0 amide bonds. The van der Waals surface area contributed by atoms with Crippen LogP contribution >= 0.6 is 11.6 Å². The number of fused-ring (bicyclic) bond motifs is 1. The number of H-pyrrole nitrogens is 1. The molecular weight excluding hydrogens is 434 g/mol. The molecule has 0 unspecified atom stereocenters. The van der Waals surface area contributed by atoms with E-state index in [0.717, 1.165) is 16.5 Å². The van der Waals surface area contributed by atoms with Crippen molar-refractivity contribution in [3.8, 4) is 22.6 Å². The van der Waals surface area contributed by atoms with Gasteiger partial charge in [0.15, 0.2) is 0 Å². The summed E-state index contributed by atoms with van der Waals surface area (Å²) in [7, 11) is -0.658. The molecule has 31 heavy (non-hydrogen) atoms. The van der Waals surface area contributed by atoms with Crippen molar-refractivity contribution in [1.29, 1.82) is 0 Å². The van der Waals surface area contributed by atoms with Gasteiger partial charge in [0, 0.05) is 58.2 Å². The van der Waals surface area contributed by atoms with Crippen molar-refractivity contribution >= 4 is 37.9 Å². The molecule has 2 aromatic heterocycles. The summed E-state index contributed by atoms with van der Waals surface area (Å²) in [6, 6.07) is 12.8. The number of hydrogen-bond acceptors (Lipinski definition) is 4. The highest BCUT2D eigenvalue weighted by atomic mass is 35.5. The fourth-order valence-electron chi connectivity index (χ4n) is 3.47. The van der Waals surface area contributed by atoms with Crippen LogP contribution in [0.1, 0.15) is 5.56 Å². The van der Waals surface area contributed by atoms with E-state index in [1.165, 1.54) is 4.57 Å². The molecule has 0 aliphatic rings. The molecule has 6 nitrogen and oxygen atoms in total. The lowest BCUT2D eigenvalue weighted by molar-refractivity contribution is 0.481. The van der Waals surface area contributed by atoms with Crippen molar-refractivity contribution in [3.05, 3.63) is 75.8 Å². The van der Waals surface area contributed by atoms with Crippen LogP contribution in [0.2, 0.25) is 5.02 Å². The van der Waals surface area contributed by atoms with E-state index in [-0.39, 0.29) is 5.56 Å². The van der Waals surface area contributed by atoms with Crippen molar-refractivity contribution in [2.75, 3.05) is 12.5 Å². The van der Waals surface area contributed by atoms with Crippen molar-refractivity contribution < 1.29 is 8.95 Å². The van der Waals surface area contributed by atoms with E-state index in [1.807, 2.05) is 31.2 Å². The van der Waals surface area contributed by atoms with Gasteiger partial charge in [-0.15, -0.1) is 0 Å². The number of aromatic nitrogens is 2. The monoisotopic (exact) mass is 455 g/mol. The molecule has 8 heteroatoms. The normalized spacial score (nSPS) is 11.6. The Kier molecular flexibility index (Phi) is 5.41. The Balaban J connectivity index is 2.00. The molecule has 0 bridgehead atoms. The molecule has 0 atom stereocenters. The molecule has 0 saturated carbocycles. The number of halogens is 1. The van der Waals surface area contributed by atoms with Crippen LogP contribution < -0.4 is 10.3 Å². The molecule has 0 aliphatic carbocycles. The van der Waals surface area contributed by atoms with Gasteiger partial charge in [-0.3, -0.25) is 4.79 Å². The van der Waals surface area contributed by atoms with Crippen LogP contribution in [0.3, 0.4) is 0 Å². The second-order valence-corrected chi connectivity index (χ2v) is 10.6. The Morgan fingerprint density at radius 2 is 1.90 bits per heavy atom. The van der Waals surface area contributed by atoms with Crippen LogP contribution in [0.4, 0.5) is 5.69 Å². The molecule has 0 saturated heterocycles. The number of benzene rings is 2. The summed E-state index contributed by atoms with van der Waals surface area (Å²) in [5, 5.41) is 1.26. The van der Waals surface area contributed by atoms with Gasteiger partial charge in [0.2, 0.25) is 0 Å². The molecule has 4 aromatic rings. The van der Waals surface area contributed by atoms with Crippen LogP contribution in [-0.4, -0.2) is 26.3 Å². The second-order valence-electron chi connectivity index (χ2n) is 7.67. The first-order valence-electron chi connectivity index (χ1n) is 9.55. The number of nitrogens with zero attached hydrogens (tertiary/aromatic N) is 2. The Hall–Kier alpha value is -3.03. The van der Waals surface area contributed by atoms with E-state index in [2.05, 4.69) is 9.35 Å². The minimum Gasteiger partial charge on any atom is -0.455 e. The topological polar surface area (TPSA) is 76.4 Å². The van der Waals surface area contributed by atoms with Gasteiger partial charge >= 0.3 is 0 Å². The summed E-state index contributed by atoms with van der Waals surface area (Å²) in [6.07, 6.45) is 6.66. The SMILES string of the molecule is Cc1cccc(Cl)c1Oc1ccc(N=S(C)(C)=O)cc1-c1cn(C)c(=O)c2[nH]ccc12. The Morgan fingerprint density at radius 1 is 1.13 bits per heavy atom. The number of aromatic amines is 1. The highest BCUT2D eigenvalue weighted by molar-refractivity contribution is 7.92. The van der Waals surface area contributed by atoms with E-state index in [0.29, 0.717) is 33.3 Å². The fraction of sp³-hybridized carbons (Fsp3) is 0.174. The largest absolute Gasteiger partial charge is 0.455 e. The highest BCUT2D eigenvalue weighted by Crippen LogP contribution is 2.41. The molecule has 4 rings (SSSR count). The van der Waals surface area contributed by atoms with Crippen molar-refractivity contribution in [1.82, 2.24) is 9.55 Å². The van der Waals surface area contributed by atoms with E-state index >= 15 is 0 Å². The lowest BCUT2D eigenvalue weighted by Crippen LogP contribution is -2.16. The molecule has 1 N–H and O–H groups in total. The number of nitrogens with one attached hydrogen (secondary N) is 1. The van der Waals surface area contributed by atoms with Crippen molar-refractivity contribution in [3.63, 3.8) is 0 Å². The minimum absolute atomic E-state index is 0.126. The molecule has 0 aliphatic heterocycles. The first kappa shape index (κ1) is 21.2. The molecular formula is C23H22ClN3O3S. The molecule has 0 spiro atoms. The zero-order valence-corrected chi connectivity index (χ0v) is 19.2. The Morgan fingerprint density at radius 3 is 2.61 bits per heavy atom. The maximum Gasteiger partial charge on any atom is 0.274 e. The Bertz CT molecular complexity index is 1470. The molecule has 0 radical (unpaired) electrons. The second kappa shape index (κ2) is 7.90. The third kappa shape index (κ3) is 4.24. The van der Waals surface area contributed by atoms with E-state index in [4.69, 9.17) is 16.3 Å². The molecule has 2 heterocycles. The first-order valence-corrected chi connectivity index (χ1v) is 12.3. The van der Waals surface area contributed by atoms with E-state index in [1.54, 1.807) is 50.2 Å². The van der Waals surface area contributed by atoms with E-state index < -0.39 is 9.73 Å². The van der Waals surface area contributed by atoms with Gasteiger partial charge < -0.3 is 14.3 Å². The number of aryl methyl sites for hydroxylation is 2. The van der Waals surface area contributed by atoms with Gasteiger partial charge in [-0.2, -0.15) is 4.36 Å². The summed E-state index contributed by atoms with van der Waals surface area (Å²) in [4.78, 5) is 15.5. The summed E-state index contributed by atoms with van der Waals surface area (Å²) in [5.41, 5.74) is 3.32. The van der Waals surface area contributed by atoms with Gasteiger partial charge in [-0.1, -0.05) is 23.7 Å². The number of pyridine rings is 1. The van der Waals surface area contributed by atoms with Crippen LogP contribution in [0, 0.1) is 6.92 Å². The standard InChI is InChI=1S/C23H22ClN3O3S/c1-14-6-5-7-19(24)22(14)30-20-9-8-15(26-31(3,4)29)12-17(20)18-13-27(2)23(28)21-16(18)10-11-25-21/h5-13,25H,1-4H3. The average Bonchev–Trinajstić information content (AvgIpc) is 3.17. The summed E-state index contributed by atoms with van der Waals surface area (Å²) in [6.45, 7) is 1.92. The molecule has 160 valence electrons. The van der Waals surface area contributed by atoms with Gasteiger partial charge in [-0.25, -0.2) is 4.21 Å². The number of ether oxygens (including phenoxy) is 1. The third-order valence-corrected chi connectivity index (χ3v) is 5.80. The van der Waals surface area contributed by atoms with Gasteiger partial charge in [0.05, 0.1) is 10.7 Å². The summed E-state index contributed by atoms with van der Waals surface area (Å²) >= 11 is 6.39. The zero-order chi connectivity index (χ0) is 22.3. The summed E-state index contributed by atoms with van der Waals surface area (Å²) < 4.78 is 24.4. The minimum atomic E-state index is -2.36. The first-order chi connectivity index (χ1) is 14.6. The third-order valence-electron chi connectivity index (χ3n) is 4.85. The maximum absolute atomic E-state index is 12.5. The fourth-order valence-corrected chi connectivity index (χ4v) is 4.35. The smallest absolute Gasteiger partial charge is 0.274 e. The quantitative estimate of drug-likeness (QED) is 0.432. The van der Waals surface area contributed by atoms with Crippen molar-refractivity contribution in [2.45, 2.75) is 6.92 Å². The highest BCUT2D eigenvalue weighted by Gasteiger charge is 2.17. The van der Waals surface area contributed by atoms with Crippen LogP contribution in [0.25, 0.3) is 22.0 Å². The number of hydrogen-bond donors (Lipinski definition) is 1. The van der Waals surface area contributed by atoms with Crippen LogP contribution in [-0.2, 0) is 16.8 Å². The van der Waals surface area contributed by atoms with Crippen LogP contribution in [0.15, 0.2) is 64.0 Å². The van der Waals surface area contributed by atoms with Gasteiger partial charge in [-0.05, 0) is 42.8 Å². The lowest BCUT2D eigenvalue weighted by atomic mass is 10.0. The average molecular weight is 456 g/mol. The van der Waals surface area contributed by atoms with E-state index in [9.17, 15) is 9.00 Å². The predicted octanol–water partition coefficient (Wildman–Crippen LogP) is 5.65. The maximum atomic E-state index is 12.5. The lowest BCUT2D eigenvalue weighted by Gasteiger charge is -2.16. The molecule has 0 fully saturated rings. The van der Waals surface area contributed by atoms with Crippen molar-refractivity contribution in [2.24, 2.45) is 11.4 Å². The predicted molar refractivity (Wildman–Crippen MR) is 127 cm³/mol. The Labute approximate surface area is 185 Å². The van der Waals surface area contributed by atoms with Gasteiger partial charge in [0.25, 0.3) is 5.56 Å². The summed E-state index contributed by atoms with van der Waals surface area (Å²) in [5.74, 6) is 1.11. The number of rotatable bonds is 4. The molecule has 2 aromatic carbocycles. The number of para-hydroxylation sites is 1. The van der Waals surface area contributed by atoms with Crippen LogP contribution in [0.5, 0.6) is 11.5 Å².